The van der Waals surface area contributed by atoms with Crippen molar-refractivity contribution in [3.8, 4) is 5.75 Å². The maximum atomic E-state index is 12.0. The van der Waals surface area contributed by atoms with E-state index < -0.39 is 0 Å². The van der Waals surface area contributed by atoms with Gasteiger partial charge in [-0.25, -0.2) is 0 Å². The Kier molecular flexibility index (Phi) is 6.52. The van der Waals surface area contributed by atoms with E-state index in [2.05, 4.69) is 10.6 Å². The lowest BCUT2D eigenvalue weighted by Crippen LogP contribution is -2.35. The third-order valence-electron chi connectivity index (χ3n) is 4.35. The van der Waals surface area contributed by atoms with Crippen molar-refractivity contribution >= 4 is 24.0 Å². The molecule has 1 unspecified atom stereocenters. The summed E-state index contributed by atoms with van der Waals surface area (Å²) in [6.07, 6.45) is 8.56. The largest absolute Gasteiger partial charge is 0.490 e. The molecular weight excluding hydrogens is 300 g/mol. The normalized spacial score (nSPS) is 21.9. The highest BCUT2D eigenvalue weighted by Crippen LogP contribution is 2.24. The molecule has 1 aliphatic carbocycles. The summed E-state index contributed by atoms with van der Waals surface area (Å²) in [4.78, 5) is 12.0. The lowest BCUT2D eigenvalue weighted by Gasteiger charge is -2.23. The molecule has 5 heteroatoms. The van der Waals surface area contributed by atoms with Gasteiger partial charge >= 0.3 is 0 Å². The average molecular weight is 325 g/mol. The summed E-state index contributed by atoms with van der Waals surface area (Å²) in [7, 11) is 0. The van der Waals surface area contributed by atoms with Gasteiger partial charge in [0.1, 0.15) is 5.75 Å². The van der Waals surface area contributed by atoms with Gasteiger partial charge in [-0.2, -0.15) is 0 Å². The lowest BCUT2D eigenvalue weighted by atomic mass is 9.98. The van der Waals surface area contributed by atoms with Gasteiger partial charge in [0, 0.05) is 5.69 Å². The van der Waals surface area contributed by atoms with E-state index in [1.807, 2.05) is 24.3 Å². The average Bonchev–Trinajstić information content (AvgIpc) is 3.05. The fourth-order valence-electron chi connectivity index (χ4n) is 3.13. The van der Waals surface area contributed by atoms with Gasteiger partial charge in [0.05, 0.1) is 12.1 Å². The van der Waals surface area contributed by atoms with Gasteiger partial charge in [-0.05, 0) is 69.3 Å². The first-order chi connectivity index (χ1) is 10.3. The Balaban J connectivity index is 0.00000176. The maximum absolute atomic E-state index is 12.0. The number of ether oxygens (including phenoxy) is 1. The molecule has 2 N–H and O–H groups in total. The number of nitrogens with one attached hydrogen (secondary N) is 2. The van der Waals surface area contributed by atoms with E-state index in [0.29, 0.717) is 6.10 Å². The summed E-state index contributed by atoms with van der Waals surface area (Å²) in [5.74, 6) is 0.965. The number of rotatable bonds is 4. The second kappa shape index (κ2) is 8.39. The van der Waals surface area contributed by atoms with Crippen LogP contribution in [0.4, 0.5) is 5.69 Å². The second-order valence-electron chi connectivity index (χ2n) is 6.04. The highest BCUT2D eigenvalue weighted by atomic mass is 35.5. The molecular formula is C17H25ClN2O2. The van der Waals surface area contributed by atoms with Crippen LogP contribution in [0.5, 0.6) is 5.75 Å². The molecule has 1 saturated heterocycles. The smallest absolute Gasteiger partial charge is 0.241 e. The zero-order valence-electron chi connectivity index (χ0n) is 12.8. The summed E-state index contributed by atoms with van der Waals surface area (Å²) in [6, 6.07) is 7.71. The summed E-state index contributed by atoms with van der Waals surface area (Å²) in [5.41, 5.74) is 0.838. The summed E-state index contributed by atoms with van der Waals surface area (Å²) >= 11 is 0. The molecule has 2 fully saturated rings. The van der Waals surface area contributed by atoms with Crippen LogP contribution in [0.25, 0.3) is 0 Å². The van der Waals surface area contributed by atoms with Crippen LogP contribution in [0.3, 0.4) is 0 Å². The number of anilines is 1. The highest BCUT2D eigenvalue weighted by molar-refractivity contribution is 5.95. The van der Waals surface area contributed by atoms with E-state index in [9.17, 15) is 4.79 Å². The van der Waals surface area contributed by atoms with Gasteiger partial charge in [-0.1, -0.05) is 6.42 Å². The molecule has 1 aromatic carbocycles. The number of halogens is 1. The Hall–Kier alpha value is -1.26. The van der Waals surface area contributed by atoms with Crippen LogP contribution in [0.2, 0.25) is 0 Å². The number of benzene rings is 1. The monoisotopic (exact) mass is 324 g/mol. The number of carbonyl (C=O) groups is 1. The van der Waals surface area contributed by atoms with Crippen molar-refractivity contribution in [1.82, 2.24) is 5.32 Å². The van der Waals surface area contributed by atoms with Gasteiger partial charge < -0.3 is 15.4 Å². The third-order valence-corrected chi connectivity index (χ3v) is 4.35. The topological polar surface area (TPSA) is 50.4 Å². The lowest BCUT2D eigenvalue weighted by molar-refractivity contribution is -0.117. The van der Waals surface area contributed by atoms with Crippen molar-refractivity contribution in [1.29, 1.82) is 0 Å². The van der Waals surface area contributed by atoms with Gasteiger partial charge in [0.2, 0.25) is 5.91 Å². The molecule has 1 amide bonds. The van der Waals surface area contributed by atoms with Crippen molar-refractivity contribution in [2.75, 3.05) is 11.9 Å². The fourth-order valence-corrected chi connectivity index (χ4v) is 3.13. The molecule has 122 valence electrons. The Morgan fingerprint density at radius 2 is 1.77 bits per heavy atom. The molecule has 1 atom stereocenters. The number of carbonyl (C=O) groups excluding carboxylic acids is 1. The van der Waals surface area contributed by atoms with E-state index in [-0.39, 0.29) is 24.4 Å². The molecule has 1 aliphatic heterocycles. The van der Waals surface area contributed by atoms with Crippen molar-refractivity contribution in [3.63, 3.8) is 0 Å². The Labute approximate surface area is 138 Å². The van der Waals surface area contributed by atoms with Crippen LogP contribution in [0, 0.1) is 0 Å². The van der Waals surface area contributed by atoms with E-state index in [1.54, 1.807) is 0 Å². The van der Waals surface area contributed by atoms with Crippen LogP contribution >= 0.6 is 12.4 Å². The highest BCUT2D eigenvalue weighted by Gasteiger charge is 2.21. The number of hydrogen-bond acceptors (Lipinski definition) is 3. The summed E-state index contributed by atoms with van der Waals surface area (Å²) in [5, 5.41) is 6.16. The second-order valence-corrected chi connectivity index (χ2v) is 6.04. The molecule has 0 aromatic heterocycles. The fraction of sp³-hybridized carbons (Fsp3) is 0.588. The van der Waals surface area contributed by atoms with Crippen LogP contribution in [0.15, 0.2) is 24.3 Å². The van der Waals surface area contributed by atoms with Crippen LogP contribution < -0.4 is 15.4 Å². The van der Waals surface area contributed by atoms with E-state index >= 15 is 0 Å². The zero-order chi connectivity index (χ0) is 14.5. The van der Waals surface area contributed by atoms with Crippen LogP contribution in [-0.2, 0) is 4.79 Å². The molecule has 22 heavy (non-hydrogen) atoms. The minimum atomic E-state index is -0.0387. The molecule has 0 bridgehead atoms. The molecule has 1 saturated carbocycles. The van der Waals surface area contributed by atoms with Crippen molar-refractivity contribution < 1.29 is 9.53 Å². The first-order valence-electron chi connectivity index (χ1n) is 8.12. The van der Waals surface area contributed by atoms with E-state index in [0.717, 1.165) is 43.7 Å². The van der Waals surface area contributed by atoms with E-state index in [1.165, 1.54) is 19.3 Å². The van der Waals surface area contributed by atoms with Crippen LogP contribution in [0.1, 0.15) is 44.9 Å². The molecule has 4 nitrogen and oxygen atoms in total. The van der Waals surface area contributed by atoms with Crippen molar-refractivity contribution in [2.24, 2.45) is 0 Å². The molecule has 0 spiro atoms. The van der Waals surface area contributed by atoms with Crippen molar-refractivity contribution in [2.45, 2.75) is 57.1 Å². The third kappa shape index (κ3) is 4.62. The number of amides is 1. The predicted octanol–water partition coefficient (Wildman–Crippen LogP) is 3.51. The van der Waals surface area contributed by atoms with Gasteiger partial charge in [-0.3, -0.25) is 4.79 Å². The quantitative estimate of drug-likeness (QED) is 0.891. The predicted molar refractivity (Wildman–Crippen MR) is 90.8 cm³/mol. The molecule has 1 heterocycles. The van der Waals surface area contributed by atoms with Crippen LogP contribution in [-0.4, -0.2) is 24.6 Å². The van der Waals surface area contributed by atoms with Gasteiger partial charge in [-0.15, -0.1) is 12.4 Å². The van der Waals surface area contributed by atoms with Gasteiger partial charge in [0.15, 0.2) is 0 Å². The summed E-state index contributed by atoms with van der Waals surface area (Å²) in [6.45, 7) is 0.937. The minimum absolute atomic E-state index is 0. The zero-order valence-corrected chi connectivity index (χ0v) is 13.7. The Morgan fingerprint density at radius 1 is 1.05 bits per heavy atom. The Bertz CT molecular complexity index is 466. The maximum Gasteiger partial charge on any atom is 0.241 e. The number of hydrogen-bond donors (Lipinski definition) is 2. The van der Waals surface area contributed by atoms with Crippen molar-refractivity contribution in [3.05, 3.63) is 24.3 Å². The summed E-state index contributed by atoms with van der Waals surface area (Å²) < 4.78 is 5.99. The molecule has 3 rings (SSSR count). The molecule has 1 aromatic rings. The van der Waals surface area contributed by atoms with Gasteiger partial charge in [0.25, 0.3) is 0 Å². The minimum Gasteiger partial charge on any atom is -0.490 e. The standard InChI is InChI=1S/C17H24N2O2.ClH/c20-17(16-7-4-12-18-16)19-13-8-10-15(11-9-13)21-14-5-2-1-3-6-14;/h8-11,14,16,18H,1-7,12H2,(H,19,20);1H. The first kappa shape index (κ1) is 17.1. The molecule has 0 radical (unpaired) electrons. The first-order valence-corrected chi connectivity index (χ1v) is 8.12. The van der Waals surface area contributed by atoms with E-state index in [4.69, 9.17) is 4.74 Å². The SMILES string of the molecule is Cl.O=C(Nc1ccc(OC2CCCCC2)cc1)C1CCCN1. The molecule has 2 aliphatic rings. The Morgan fingerprint density at radius 3 is 2.41 bits per heavy atom.